The number of aliphatic hydroxyl groups is 1. The van der Waals surface area contributed by atoms with Gasteiger partial charge in [-0.25, -0.2) is 4.79 Å². The summed E-state index contributed by atoms with van der Waals surface area (Å²) in [6, 6.07) is -0.0634. The van der Waals surface area contributed by atoms with E-state index in [1.54, 1.807) is 18.7 Å². The quantitative estimate of drug-likeness (QED) is 0.722. The molecule has 1 aliphatic carbocycles. The van der Waals surface area contributed by atoms with Gasteiger partial charge in [0.1, 0.15) is 0 Å². The van der Waals surface area contributed by atoms with Gasteiger partial charge in [-0.2, -0.15) is 0 Å². The van der Waals surface area contributed by atoms with Gasteiger partial charge in [-0.15, -0.1) is 0 Å². The second kappa shape index (κ2) is 4.84. The minimum absolute atomic E-state index is 0.0634. The Morgan fingerprint density at radius 1 is 1.53 bits per heavy atom. The van der Waals surface area contributed by atoms with Gasteiger partial charge >= 0.3 is 6.03 Å². The number of likely N-dealkylation sites (N-methyl/N-ethyl adjacent to an activating group) is 1. The third-order valence-electron chi connectivity index (χ3n) is 2.49. The van der Waals surface area contributed by atoms with E-state index < -0.39 is 5.60 Å². The first-order valence-electron chi connectivity index (χ1n) is 5.67. The molecule has 0 heterocycles. The second-order valence-corrected chi connectivity index (χ2v) is 4.96. The van der Waals surface area contributed by atoms with Crippen LogP contribution < -0.4 is 5.32 Å². The van der Waals surface area contributed by atoms with Gasteiger partial charge in [0.2, 0.25) is 0 Å². The van der Waals surface area contributed by atoms with Crippen LogP contribution in [-0.2, 0) is 0 Å². The fourth-order valence-corrected chi connectivity index (χ4v) is 1.46. The van der Waals surface area contributed by atoms with Gasteiger partial charge in [0, 0.05) is 13.1 Å². The summed E-state index contributed by atoms with van der Waals surface area (Å²) in [5.41, 5.74) is -0.826. The highest BCUT2D eigenvalue weighted by Crippen LogP contribution is 2.27. The van der Waals surface area contributed by atoms with Crippen molar-refractivity contribution in [3.63, 3.8) is 0 Å². The van der Waals surface area contributed by atoms with Crippen LogP contribution in [0, 0.1) is 5.92 Å². The molecule has 0 aromatic rings. The standard InChI is InChI=1S/C11H22N2O2/c1-4-13(8-11(2,3)15)10(14)12-7-9-5-6-9/h9,15H,4-8H2,1-3H3,(H,12,14). The van der Waals surface area contributed by atoms with Crippen molar-refractivity contribution < 1.29 is 9.90 Å². The lowest BCUT2D eigenvalue weighted by Crippen LogP contribution is -2.47. The summed E-state index contributed by atoms with van der Waals surface area (Å²) < 4.78 is 0. The Kier molecular flexibility index (Phi) is 3.97. The largest absolute Gasteiger partial charge is 0.389 e. The molecule has 2 amide bonds. The highest BCUT2D eigenvalue weighted by molar-refractivity contribution is 5.74. The van der Waals surface area contributed by atoms with E-state index in [2.05, 4.69) is 5.32 Å². The molecule has 15 heavy (non-hydrogen) atoms. The van der Waals surface area contributed by atoms with Gasteiger partial charge in [0.25, 0.3) is 0 Å². The first kappa shape index (κ1) is 12.3. The summed E-state index contributed by atoms with van der Waals surface area (Å²) in [5.74, 6) is 0.690. The van der Waals surface area contributed by atoms with Gasteiger partial charge in [0.15, 0.2) is 0 Å². The summed E-state index contributed by atoms with van der Waals surface area (Å²) in [7, 11) is 0. The molecule has 0 atom stereocenters. The average molecular weight is 214 g/mol. The van der Waals surface area contributed by atoms with E-state index in [0.29, 0.717) is 19.0 Å². The number of hydrogen-bond acceptors (Lipinski definition) is 2. The van der Waals surface area contributed by atoms with Gasteiger partial charge in [-0.1, -0.05) is 0 Å². The molecule has 0 aromatic carbocycles. The van der Waals surface area contributed by atoms with E-state index >= 15 is 0 Å². The van der Waals surface area contributed by atoms with Crippen molar-refractivity contribution in [1.82, 2.24) is 10.2 Å². The number of carbonyl (C=O) groups excluding carboxylic acids is 1. The average Bonchev–Trinajstić information content (AvgIpc) is 2.92. The van der Waals surface area contributed by atoms with Gasteiger partial charge < -0.3 is 15.3 Å². The topological polar surface area (TPSA) is 52.6 Å². The van der Waals surface area contributed by atoms with E-state index in [9.17, 15) is 9.90 Å². The van der Waals surface area contributed by atoms with Crippen LogP contribution in [0.2, 0.25) is 0 Å². The maximum atomic E-state index is 11.7. The lowest BCUT2D eigenvalue weighted by molar-refractivity contribution is 0.0480. The Morgan fingerprint density at radius 3 is 2.53 bits per heavy atom. The summed E-state index contributed by atoms with van der Waals surface area (Å²) in [4.78, 5) is 13.3. The number of nitrogens with one attached hydrogen (secondary N) is 1. The molecule has 88 valence electrons. The zero-order valence-corrected chi connectivity index (χ0v) is 9.92. The van der Waals surface area contributed by atoms with Crippen LogP contribution in [0.1, 0.15) is 33.6 Å². The maximum absolute atomic E-state index is 11.7. The molecule has 1 fully saturated rings. The first-order valence-corrected chi connectivity index (χ1v) is 5.67. The highest BCUT2D eigenvalue weighted by atomic mass is 16.3. The van der Waals surface area contributed by atoms with Gasteiger partial charge in [-0.05, 0) is 39.5 Å². The Bertz CT molecular complexity index is 219. The van der Waals surface area contributed by atoms with Crippen LogP contribution in [0.25, 0.3) is 0 Å². The molecular formula is C11H22N2O2. The Morgan fingerprint density at radius 2 is 2.13 bits per heavy atom. The van der Waals surface area contributed by atoms with Gasteiger partial charge in [0.05, 0.1) is 12.1 Å². The van der Waals surface area contributed by atoms with Crippen LogP contribution in [-0.4, -0.2) is 41.3 Å². The molecule has 0 radical (unpaired) electrons. The van der Waals surface area contributed by atoms with Crippen molar-refractivity contribution in [2.45, 2.75) is 39.2 Å². The lowest BCUT2D eigenvalue weighted by Gasteiger charge is -2.28. The van der Waals surface area contributed by atoms with Gasteiger partial charge in [-0.3, -0.25) is 0 Å². The molecule has 0 spiro atoms. The number of hydrogen-bond donors (Lipinski definition) is 2. The number of amides is 2. The number of urea groups is 1. The Hall–Kier alpha value is -0.770. The molecular weight excluding hydrogens is 192 g/mol. The molecule has 0 aromatic heterocycles. The summed E-state index contributed by atoms with van der Waals surface area (Å²) >= 11 is 0. The third-order valence-corrected chi connectivity index (χ3v) is 2.49. The van der Waals surface area contributed by atoms with Crippen LogP contribution in [0.15, 0.2) is 0 Å². The summed E-state index contributed by atoms with van der Waals surface area (Å²) in [6.07, 6.45) is 2.47. The minimum atomic E-state index is -0.826. The Balaban J connectivity index is 2.31. The lowest BCUT2D eigenvalue weighted by atomic mass is 10.1. The smallest absolute Gasteiger partial charge is 0.317 e. The van der Waals surface area contributed by atoms with Crippen LogP contribution >= 0.6 is 0 Å². The number of nitrogens with zero attached hydrogens (tertiary/aromatic N) is 1. The zero-order chi connectivity index (χ0) is 11.5. The molecule has 1 rings (SSSR count). The molecule has 0 saturated heterocycles. The minimum Gasteiger partial charge on any atom is -0.389 e. The predicted molar refractivity (Wildman–Crippen MR) is 59.7 cm³/mol. The summed E-state index contributed by atoms with van der Waals surface area (Å²) in [5, 5.41) is 12.5. The van der Waals surface area contributed by atoms with Crippen molar-refractivity contribution in [2.75, 3.05) is 19.6 Å². The number of carbonyl (C=O) groups is 1. The van der Waals surface area contributed by atoms with E-state index in [1.807, 2.05) is 6.92 Å². The van der Waals surface area contributed by atoms with E-state index in [1.165, 1.54) is 12.8 Å². The fourth-order valence-electron chi connectivity index (χ4n) is 1.46. The van der Waals surface area contributed by atoms with Crippen molar-refractivity contribution in [2.24, 2.45) is 5.92 Å². The Labute approximate surface area is 91.6 Å². The van der Waals surface area contributed by atoms with E-state index in [-0.39, 0.29) is 6.03 Å². The third kappa shape index (κ3) is 5.02. The molecule has 2 N–H and O–H groups in total. The van der Waals surface area contributed by atoms with Crippen molar-refractivity contribution in [1.29, 1.82) is 0 Å². The van der Waals surface area contributed by atoms with Crippen LogP contribution in [0.5, 0.6) is 0 Å². The normalized spacial score (nSPS) is 16.3. The van der Waals surface area contributed by atoms with Crippen molar-refractivity contribution in [3.05, 3.63) is 0 Å². The van der Waals surface area contributed by atoms with Crippen molar-refractivity contribution in [3.8, 4) is 0 Å². The number of rotatable bonds is 5. The molecule has 4 nitrogen and oxygen atoms in total. The zero-order valence-electron chi connectivity index (χ0n) is 9.92. The monoisotopic (exact) mass is 214 g/mol. The molecule has 1 aliphatic rings. The van der Waals surface area contributed by atoms with Crippen LogP contribution in [0.4, 0.5) is 4.79 Å². The fraction of sp³-hybridized carbons (Fsp3) is 0.909. The van der Waals surface area contributed by atoms with Crippen LogP contribution in [0.3, 0.4) is 0 Å². The summed E-state index contributed by atoms with van der Waals surface area (Å²) in [6.45, 7) is 7.12. The molecule has 1 saturated carbocycles. The highest BCUT2D eigenvalue weighted by Gasteiger charge is 2.24. The first-order chi connectivity index (χ1) is 6.92. The van der Waals surface area contributed by atoms with E-state index in [0.717, 1.165) is 6.54 Å². The SMILES string of the molecule is CCN(CC(C)(C)O)C(=O)NCC1CC1. The second-order valence-electron chi connectivity index (χ2n) is 4.96. The van der Waals surface area contributed by atoms with Crippen molar-refractivity contribution >= 4 is 6.03 Å². The molecule has 4 heteroatoms. The predicted octanol–water partition coefficient (Wildman–Crippen LogP) is 1.20. The van der Waals surface area contributed by atoms with E-state index in [4.69, 9.17) is 0 Å². The molecule has 0 aliphatic heterocycles. The molecule has 0 bridgehead atoms. The maximum Gasteiger partial charge on any atom is 0.317 e. The molecule has 0 unspecified atom stereocenters.